The molecule has 2 atom stereocenters. The number of hydrogen-bond acceptors (Lipinski definition) is 4. The van der Waals surface area contributed by atoms with Gasteiger partial charge in [0.25, 0.3) is 0 Å². The van der Waals surface area contributed by atoms with Crippen LogP contribution in [0.4, 0.5) is 0 Å². The highest BCUT2D eigenvalue weighted by atomic mass is 16.5. The monoisotopic (exact) mass is 294 g/mol. The summed E-state index contributed by atoms with van der Waals surface area (Å²) in [6.07, 6.45) is 0. The highest BCUT2D eigenvalue weighted by Crippen LogP contribution is 2.29. The number of hydrogen-bond donors (Lipinski definition) is 1. The fourth-order valence-electron chi connectivity index (χ4n) is 2.57. The molecule has 0 fully saturated rings. The average molecular weight is 294 g/mol. The van der Waals surface area contributed by atoms with Crippen LogP contribution in [0.2, 0.25) is 0 Å². The van der Waals surface area contributed by atoms with E-state index in [0.29, 0.717) is 6.04 Å². The molecule has 0 spiro atoms. The van der Waals surface area contributed by atoms with Gasteiger partial charge in [-0.3, -0.25) is 0 Å². The van der Waals surface area contributed by atoms with Crippen molar-refractivity contribution in [2.45, 2.75) is 39.8 Å². The van der Waals surface area contributed by atoms with Crippen molar-refractivity contribution in [1.82, 2.24) is 10.2 Å². The first kappa shape index (κ1) is 17.8. The fraction of sp³-hybridized carbons (Fsp3) is 0.647. The van der Waals surface area contributed by atoms with Crippen molar-refractivity contribution in [1.29, 1.82) is 0 Å². The summed E-state index contributed by atoms with van der Waals surface area (Å²) in [5.41, 5.74) is 1.21. The van der Waals surface area contributed by atoms with E-state index >= 15 is 0 Å². The van der Waals surface area contributed by atoms with Crippen LogP contribution in [0.3, 0.4) is 0 Å². The first-order chi connectivity index (χ1) is 10.0. The van der Waals surface area contributed by atoms with Gasteiger partial charge < -0.3 is 19.7 Å². The Hall–Kier alpha value is -1.26. The molecule has 1 aromatic carbocycles. The summed E-state index contributed by atoms with van der Waals surface area (Å²) in [6.45, 7) is 12.1. The maximum atomic E-state index is 5.37. The summed E-state index contributed by atoms with van der Waals surface area (Å²) in [5.74, 6) is 1.55. The van der Waals surface area contributed by atoms with Crippen LogP contribution in [0.1, 0.15) is 39.3 Å². The van der Waals surface area contributed by atoms with Gasteiger partial charge in [0.2, 0.25) is 0 Å². The molecule has 0 aliphatic carbocycles. The molecule has 0 heterocycles. The van der Waals surface area contributed by atoms with Gasteiger partial charge >= 0.3 is 0 Å². The Balaban J connectivity index is 2.68. The predicted octanol–water partition coefficient (Wildman–Crippen LogP) is 3.08. The second-order valence-electron chi connectivity index (χ2n) is 5.39. The summed E-state index contributed by atoms with van der Waals surface area (Å²) in [7, 11) is 3.33. The number of methoxy groups -OCH3 is 2. The molecule has 120 valence electrons. The van der Waals surface area contributed by atoms with Crippen LogP contribution in [0, 0.1) is 0 Å². The molecule has 0 aliphatic rings. The van der Waals surface area contributed by atoms with Gasteiger partial charge in [0.15, 0.2) is 11.5 Å². The molecule has 0 radical (unpaired) electrons. The van der Waals surface area contributed by atoms with Crippen molar-refractivity contribution in [3.63, 3.8) is 0 Å². The number of likely N-dealkylation sites (N-methyl/N-ethyl adjacent to an activating group) is 1. The Kier molecular flexibility index (Phi) is 7.54. The minimum absolute atomic E-state index is 0.273. The zero-order chi connectivity index (χ0) is 15.8. The van der Waals surface area contributed by atoms with Crippen molar-refractivity contribution in [3.8, 4) is 11.5 Å². The molecule has 0 bridgehead atoms. The lowest BCUT2D eigenvalue weighted by molar-refractivity contribution is 0.263. The zero-order valence-corrected chi connectivity index (χ0v) is 14.3. The molecule has 0 saturated heterocycles. The number of nitrogens with zero attached hydrogens (tertiary/aromatic N) is 1. The van der Waals surface area contributed by atoms with Crippen molar-refractivity contribution >= 4 is 0 Å². The predicted molar refractivity (Wildman–Crippen MR) is 88.3 cm³/mol. The van der Waals surface area contributed by atoms with E-state index in [9.17, 15) is 0 Å². The minimum atomic E-state index is 0.273. The number of rotatable bonds is 9. The van der Waals surface area contributed by atoms with E-state index in [1.807, 2.05) is 12.1 Å². The first-order valence-corrected chi connectivity index (χ1v) is 7.75. The van der Waals surface area contributed by atoms with Gasteiger partial charge in [0, 0.05) is 18.6 Å². The number of ether oxygens (including phenoxy) is 2. The van der Waals surface area contributed by atoms with Crippen LogP contribution in [-0.2, 0) is 0 Å². The van der Waals surface area contributed by atoms with Crippen LogP contribution in [0.15, 0.2) is 18.2 Å². The van der Waals surface area contributed by atoms with Gasteiger partial charge in [-0.25, -0.2) is 0 Å². The summed E-state index contributed by atoms with van der Waals surface area (Å²) in [6, 6.07) is 6.80. The quantitative estimate of drug-likeness (QED) is 0.759. The lowest BCUT2D eigenvalue weighted by atomic mass is 10.1. The fourth-order valence-corrected chi connectivity index (χ4v) is 2.57. The van der Waals surface area contributed by atoms with Crippen LogP contribution < -0.4 is 14.8 Å². The van der Waals surface area contributed by atoms with Crippen molar-refractivity contribution in [3.05, 3.63) is 23.8 Å². The third-order valence-corrected chi connectivity index (χ3v) is 3.87. The minimum Gasteiger partial charge on any atom is -0.493 e. The maximum absolute atomic E-state index is 5.37. The third kappa shape index (κ3) is 5.21. The molecule has 0 aromatic heterocycles. The molecule has 0 amide bonds. The SMILES string of the molecule is CCN(CC)CC(C)NC(C)c1ccc(OC)c(OC)c1. The topological polar surface area (TPSA) is 33.7 Å². The third-order valence-electron chi connectivity index (χ3n) is 3.87. The van der Waals surface area contributed by atoms with E-state index in [0.717, 1.165) is 31.1 Å². The zero-order valence-electron chi connectivity index (χ0n) is 14.3. The molecule has 4 nitrogen and oxygen atoms in total. The molecular weight excluding hydrogens is 264 g/mol. The molecule has 0 aliphatic heterocycles. The van der Waals surface area contributed by atoms with Crippen LogP contribution in [-0.4, -0.2) is 44.8 Å². The van der Waals surface area contributed by atoms with Crippen LogP contribution in [0.5, 0.6) is 11.5 Å². The molecular formula is C17H30N2O2. The van der Waals surface area contributed by atoms with Gasteiger partial charge in [-0.15, -0.1) is 0 Å². The highest BCUT2D eigenvalue weighted by Gasteiger charge is 2.14. The number of nitrogens with one attached hydrogen (secondary N) is 1. The maximum Gasteiger partial charge on any atom is 0.161 e. The van der Waals surface area contributed by atoms with Gasteiger partial charge in [0.1, 0.15) is 0 Å². The summed E-state index contributed by atoms with van der Waals surface area (Å²) >= 11 is 0. The van der Waals surface area contributed by atoms with E-state index in [-0.39, 0.29) is 6.04 Å². The van der Waals surface area contributed by atoms with E-state index in [4.69, 9.17) is 9.47 Å². The Morgan fingerprint density at radius 1 is 1.05 bits per heavy atom. The normalized spacial score (nSPS) is 14.0. The first-order valence-electron chi connectivity index (χ1n) is 7.75. The summed E-state index contributed by atoms with van der Waals surface area (Å²) < 4.78 is 10.7. The largest absolute Gasteiger partial charge is 0.493 e. The van der Waals surface area contributed by atoms with Gasteiger partial charge in [0.05, 0.1) is 14.2 Å². The molecule has 2 unspecified atom stereocenters. The highest BCUT2D eigenvalue weighted by molar-refractivity contribution is 5.43. The van der Waals surface area contributed by atoms with Crippen molar-refractivity contribution in [2.24, 2.45) is 0 Å². The molecule has 0 saturated carbocycles. The Labute approximate surface area is 129 Å². The summed E-state index contributed by atoms with van der Waals surface area (Å²) in [5, 5.41) is 3.65. The van der Waals surface area contributed by atoms with E-state index in [2.05, 4.69) is 44.0 Å². The summed E-state index contributed by atoms with van der Waals surface area (Å²) in [4.78, 5) is 2.43. The smallest absolute Gasteiger partial charge is 0.161 e. The molecule has 1 rings (SSSR count). The van der Waals surface area contributed by atoms with Crippen molar-refractivity contribution in [2.75, 3.05) is 33.9 Å². The molecule has 21 heavy (non-hydrogen) atoms. The van der Waals surface area contributed by atoms with Gasteiger partial charge in [-0.2, -0.15) is 0 Å². The lowest BCUT2D eigenvalue weighted by Gasteiger charge is -2.26. The molecule has 1 aromatic rings. The second-order valence-corrected chi connectivity index (χ2v) is 5.39. The Morgan fingerprint density at radius 2 is 1.67 bits per heavy atom. The Morgan fingerprint density at radius 3 is 2.19 bits per heavy atom. The standard InChI is InChI=1S/C17H30N2O2/c1-7-19(8-2)12-13(3)18-14(4)15-9-10-16(20-5)17(11-15)21-6/h9-11,13-14,18H,7-8,12H2,1-6H3. The van der Waals surface area contributed by atoms with Gasteiger partial charge in [-0.1, -0.05) is 19.9 Å². The second kappa shape index (κ2) is 8.90. The van der Waals surface area contributed by atoms with E-state index in [1.165, 1.54) is 5.56 Å². The van der Waals surface area contributed by atoms with E-state index in [1.54, 1.807) is 14.2 Å². The molecule has 4 heteroatoms. The molecule has 1 N–H and O–H groups in total. The van der Waals surface area contributed by atoms with Crippen molar-refractivity contribution < 1.29 is 9.47 Å². The van der Waals surface area contributed by atoms with Gasteiger partial charge in [-0.05, 0) is 44.6 Å². The van der Waals surface area contributed by atoms with Crippen LogP contribution >= 0.6 is 0 Å². The lowest BCUT2D eigenvalue weighted by Crippen LogP contribution is -2.40. The Bertz CT molecular complexity index is 419. The number of benzene rings is 1. The average Bonchev–Trinajstić information content (AvgIpc) is 2.51. The van der Waals surface area contributed by atoms with E-state index < -0.39 is 0 Å². The van der Waals surface area contributed by atoms with Crippen LogP contribution in [0.25, 0.3) is 0 Å².